The Morgan fingerprint density at radius 3 is 2.13 bits per heavy atom. The van der Waals surface area contributed by atoms with Crippen LogP contribution >= 0.6 is 0 Å². The Morgan fingerprint density at radius 1 is 0.867 bits per heavy atom. The molecular formula is C25H26N2O3. The van der Waals surface area contributed by atoms with Crippen molar-refractivity contribution in [2.45, 2.75) is 24.8 Å². The molecule has 0 aromatic heterocycles. The van der Waals surface area contributed by atoms with Crippen LogP contribution in [0.4, 0.5) is 0 Å². The van der Waals surface area contributed by atoms with Crippen LogP contribution in [0.1, 0.15) is 15.9 Å². The van der Waals surface area contributed by atoms with Gasteiger partial charge in [-0.25, -0.2) is 0 Å². The van der Waals surface area contributed by atoms with E-state index in [4.69, 9.17) is 0 Å². The average molecular weight is 402 g/mol. The van der Waals surface area contributed by atoms with Gasteiger partial charge in [0.1, 0.15) is 0 Å². The lowest BCUT2D eigenvalue weighted by atomic mass is 10.0. The molecule has 0 spiro atoms. The maximum atomic E-state index is 12.6. The predicted molar refractivity (Wildman–Crippen MR) is 117 cm³/mol. The van der Waals surface area contributed by atoms with E-state index in [0.717, 1.165) is 16.7 Å². The number of aliphatic hydroxyl groups is 2. The topological polar surface area (TPSA) is 72.8 Å². The Bertz CT molecular complexity index is 961. The summed E-state index contributed by atoms with van der Waals surface area (Å²) in [4.78, 5) is 14.6. The van der Waals surface area contributed by atoms with Crippen LogP contribution in [-0.2, 0) is 6.54 Å². The number of hydrogen-bond donors (Lipinski definition) is 3. The molecule has 3 aromatic carbocycles. The molecule has 0 radical (unpaired) electrons. The number of likely N-dealkylation sites (tertiary alicyclic amines) is 1. The number of hydrogen-bond acceptors (Lipinski definition) is 4. The van der Waals surface area contributed by atoms with Crippen molar-refractivity contribution in [3.05, 3.63) is 96.1 Å². The quantitative estimate of drug-likeness (QED) is 0.593. The van der Waals surface area contributed by atoms with Crippen LogP contribution in [0.5, 0.6) is 0 Å². The van der Waals surface area contributed by atoms with Crippen LogP contribution in [0.2, 0.25) is 0 Å². The van der Waals surface area contributed by atoms with Gasteiger partial charge >= 0.3 is 0 Å². The standard InChI is InChI=1S/C25H26N2O3/c28-23-17-27(16-18-7-3-1-4-8-18)22(24(23)29)15-26-25(30)21-13-11-20(12-14-21)19-9-5-2-6-10-19/h1-14,22-24,28-29H,15-17H2,(H,26,30)/t22-,23+,24-/m1/s1. The van der Waals surface area contributed by atoms with Gasteiger partial charge in [-0.3, -0.25) is 9.69 Å². The maximum Gasteiger partial charge on any atom is 0.251 e. The highest BCUT2D eigenvalue weighted by Gasteiger charge is 2.39. The number of β-amino-alcohol motifs (C(OH)–C–C–N with tert-alkyl or cyclic N) is 1. The van der Waals surface area contributed by atoms with Crippen LogP contribution in [0.3, 0.4) is 0 Å². The predicted octanol–water partition coefficient (Wildman–Crippen LogP) is 2.69. The number of aliphatic hydroxyl groups excluding tert-OH is 2. The highest BCUT2D eigenvalue weighted by molar-refractivity contribution is 5.94. The van der Waals surface area contributed by atoms with E-state index >= 15 is 0 Å². The zero-order valence-electron chi connectivity index (χ0n) is 16.7. The molecule has 3 atom stereocenters. The van der Waals surface area contributed by atoms with Crippen molar-refractivity contribution in [2.24, 2.45) is 0 Å². The summed E-state index contributed by atoms with van der Waals surface area (Å²) < 4.78 is 0. The number of amides is 1. The number of benzene rings is 3. The largest absolute Gasteiger partial charge is 0.389 e. The fraction of sp³-hybridized carbons (Fsp3) is 0.240. The highest BCUT2D eigenvalue weighted by Crippen LogP contribution is 2.22. The van der Waals surface area contributed by atoms with Crippen molar-refractivity contribution in [3.8, 4) is 11.1 Å². The van der Waals surface area contributed by atoms with Gasteiger partial charge in [0.2, 0.25) is 0 Å². The molecule has 1 amide bonds. The minimum absolute atomic E-state index is 0.192. The molecule has 5 nitrogen and oxygen atoms in total. The van der Waals surface area contributed by atoms with Crippen LogP contribution in [0, 0.1) is 0 Å². The van der Waals surface area contributed by atoms with E-state index in [9.17, 15) is 15.0 Å². The van der Waals surface area contributed by atoms with Crippen molar-refractivity contribution in [1.29, 1.82) is 0 Å². The van der Waals surface area contributed by atoms with Gasteiger partial charge in [0, 0.05) is 25.2 Å². The van der Waals surface area contributed by atoms with Gasteiger partial charge < -0.3 is 15.5 Å². The fourth-order valence-electron chi connectivity index (χ4n) is 3.95. The van der Waals surface area contributed by atoms with Crippen molar-refractivity contribution in [2.75, 3.05) is 13.1 Å². The third kappa shape index (κ3) is 4.60. The summed E-state index contributed by atoms with van der Waals surface area (Å²) >= 11 is 0. The highest BCUT2D eigenvalue weighted by atomic mass is 16.3. The molecule has 0 unspecified atom stereocenters. The minimum atomic E-state index is -0.894. The number of carbonyl (C=O) groups is 1. The van der Waals surface area contributed by atoms with Crippen LogP contribution in [-0.4, -0.2) is 52.4 Å². The first-order chi connectivity index (χ1) is 14.6. The lowest BCUT2D eigenvalue weighted by Gasteiger charge is -2.26. The van der Waals surface area contributed by atoms with Crippen molar-refractivity contribution < 1.29 is 15.0 Å². The molecule has 1 fully saturated rings. The summed E-state index contributed by atoms with van der Waals surface area (Å²) in [5, 5.41) is 23.5. The zero-order valence-corrected chi connectivity index (χ0v) is 16.7. The van der Waals surface area contributed by atoms with Crippen LogP contribution < -0.4 is 5.32 Å². The second kappa shape index (κ2) is 9.22. The third-order valence-corrected chi connectivity index (χ3v) is 5.63. The van der Waals surface area contributed by atoms with Crippen LogP contribution in [0.25, 0.3) is 11.1 Å². The number of nitrogens with one attached hydrogen (secondary N) is 1. The molecule has 1 aliphatic heterocycles. The molecule has 3 N–H and O–H groups in total. The van der Waals surface area contributed by atoms with Crippen LogP contribution in [0.15, 0.2) is 84.9 Å². The normalized spacial score (nSPS) is 21.5. The molecule has 0 aliphatic carbocycles. The van der Waals surface area contributed by atoms with Crippen molar-refractivity contribution >= 4 is 5.91 Å². The van der Waals surface area contributed by atoms with E-state index in [-0.39, 0.29) is 18.5 Å². The monoisotopic (exact) mass is 402 g/mol. The summed E-state index contributed by atoms with van der Waals surface area (Å²) in [7, 11) is 0. The zero-order chi connectivity index (χ0) is 20.9. The first kappa shape index (κ1) is 20.3. The molecule has 5 heteroatoms. The van der Waals surface area contributed by atoms with Gasteiger partial charge in [0.25, 0.3) is 5.91 Å². The van der Waals surface area contributed by atoms with E-state index in [0.29, 0.717) is 18.7 Å². The molecule has 0 bridgehead atoms. The summed E-state index contributed by atoms with van der Waals surface area (Å²) in [6.07, 6.45) is -1.71. The van der Waals surface area contributed by atoms with Gasteiger partial charge in [0.15, 0.2) is 0 Å². The van der Waals surface area contributed by atoms with Gasteiger partial charge in [-0.15, -0.1) is 0 Å². The summed E-state index contributed by atoms with van der Waals surface area (Å²) in [6, 6.07) is 27.1. The molecule has 1 aliphatic rings. The minimum Gasteiger partial charge on any atom is -0.389 e. The average Bonchev–Trinajstić information content (AvgIpc) is 3.06. The van der Waals surface area contributed by atoms with Crippen molar-refractivity contribution in [1.82, 2.24) is 10.2 Å². The fourth-order valence-corrected chi connectivity index (χ4v) is 3.95. The summed E-state index contributed by atoms with van der Waals surface area (Å²) in [6.45, 7) is 1.26. The molecule has 30 heavy (non-hydrogen) atoms. The maximum absolute atomic E-state index is 12.6. The number of nitrogens with zero attached hydrogens (tertiary/aromatic N) is 1. The molecule has 154 valence electrons. The first-order valence-corrected chi connectivity index (χ1v) is 10.2. The number of carbonyl (C=O) groups excluding carboxylic acids is 1. The molecular weight excluding hydrogens is 376 g/mol. The van der Waals surface area contributed by atoms with E-state index in [1.54, 1.807) is 12.1 Å². The van der Waals surface area contributed by atoms with Gasteiger partial charge in [-0.2, -0.15) is 0 Å². The summed E-state index contributed by atoms with van der Waals surface area (Å²) in [5.74, 6) is -0.192. The lowest BCUT2D eigenvalue weighted by Crippen LogP contribution is -2.45. The second-order valence-electron chi connectivity index (χ2n) is 7.69. The number of rotatable bonds is 6. The Balaban J connectivity index is 1.39. The molecule has 1 saturated heterocycles. The Hall–Kier alpha value is -2.99. The van der Waals surface area contributed by atoms with E-state index in [2.05, 4.69) is 5.32 Å². The van der Waals surface area contributed by atoms with E-state index in [1.165, 1.54) is 0 Å². The summed E-state index contributed by atoms with van der Waals surface area (Å²) in [5.41, 5.74) is 3.82. The molecule has 4 rings (SSSR count). The SMILES string of the molecule is O=C(NC[C@@H]1[C@@H](O)[C@@H](O)CN1Cc1ccccc1)c1ccc(-c2ccccc2)cc1. The van der Waals surface area contributed by atoms with Gasteiger partial charge in [-0.1, -0.05) is 72.8 Å². The Kier molecular flexibility index (Phi) is 6.23. The van der Waals surface area contributed by atoms with Gasteiger partial charge in [0.05, 0.1) is 18.2 Å². The molecule has 3 aromatic rings. The molecule has 0 saturated carbocycles. The first-order valence-electron chi connectivity index (χ1n) is 10.2. The van der Waals surface area contributed by atoms with Crippen molar-refractivity contribution in [3.63, 3.8) is 0 Å². The third-order valence-electron chi connectivity index (χ3n) is 5.63. The Labute approximate surface area is 176 Å². The second-order valence-corrected chi connectivity index (χ2v) is 7.69. The molecule has 1 heterocycles. The van der Waals surface area contributed by atoms with E-state index < -0.39 is 12.2 Å². The Morgan fingerprint density at radius 2 is 1.47 bits per heavy atom. The lowest BCUT2D eigenvalue weighted by molar-refractivity contribution is 0.0370. The van der Waals surface area contributed by atoms with Gasteiger partial charge in [-0.05, 0) is 28.8 Å². The smallest absolute Gasteiger partial charge is 0.251 e. The van der Waals surface area contributed by atoms with E-state index in [1.807, 2.05) is 77.7 Å².